The van der Waals surface area contributed by atoms with Gasteiger partial charge in [0.1, 0.15) is 4.99 Å². The summed E-state index contributed by atoms with van der Waals surface area (Å²) < 4.78 is 34.0. The van der Waals surface area contributed by atoms with Crippen LogP contribution in [0.3, 0.4) is 0 Å². The topological polar surface area (TPSA) is 84.7 Å². The van der Waals surface area contributed by atoms with Crippen molar-refractivity contribution in [2.24, 2.45) is 5.73 Å². The maximum atomic E-state index is 12.2. The fourth-order valence-corrected chi connectivity index (χ4v) is 3.69. The average molecular weight is 380 g/mol. The zero-order valence-corrected chi connectivity index (χ0v) is 13.7. The predicted molar refractivity (Wildman–Crippen MR) is 85.0 cm³/mol. The Kier molecular flexibility index (Phi) is 4.97. The molecule has 110 valence electrons. The van der Waals surface area contributed by atoms with Crippen LogP contribution >= 0.6 is 28.1 Å². The van der Waals surface area contributed by atoms with Crippen molar-refractivity contribution in [2.45, 2.75) is 0 Å². The lowest BCUT2D eigenvalue weighted by Crippen LogP contribution is -2.43. The molecule has 1 aromatic carbocycles. The van der Waals surface area contributed by atoms with E-state index in [1.807, 2.05) is 0 Å². The summed E-state index contributed by atoms with van der Waals surface area (Å²) >= 11 is 8.18. The van der Waals surface area contributed by atoms with E-state index in [-0.39, 0.29) is 4.99 Å². The Morgan fingerprint density at radius 2 is 2.05 bits per heavy atom. The van der Waals surface area contributed by atoms with Crippen molar-refractivity contribution in [3.8, 4) is 0 Å². The van der Waals surface area contributed by atoms with Crippen molar-refractivity contribution in [1.82, 2.24) is 4.31 Å². The Morgan fingerprint density at radius 3 is 2.60 bits per heavy atom. The highest BCUT2D eigenvalue weighted by Crippen LogP contribution is 2.25. The first-order chi connectivity index (χ1) is 9.40. The number of thiocarbonyl (C=S) groups is 1. The van der Waals surface area contributed by atoms with Gasteiger partial charge in [0.05, 0.1) is 18.9 Å². The predicted octanol–water partition coefficient (Wildman–Crippen LogP) is 1.07. The van der Waals surface area contributed by atoms with E-state index in [9.17, 15) is 8.42 Å². The van der Waals surface area contributed by atoms with Crippen LogP contribution in [0.25, 0.3) is 0 Å². The zero-order chi connectivity index (χ0) is 14.8. The molecule has 6 nitrogen and oxygen atoms in total. The molecule has 9 heteroatoms. The summed E-state index contributed by atoms with van der Waals surface area (Å²) in [7, 11) is -3.58. The highest BCUT2D eigenvalue weighted by Gasteiger charge is 2.24. The third-order valence-electron chi connectivity index (χ3n) is 2.80. The molecule has 0 bridgehead atoms. The Bertz CT molecular complexity index is 615. The number of hydrogen-bond donors (Lipinski definition) is 2. The Morgan fingerprint density at radius 1 is 1.40 bits per heavy atom. The SMILES string of the molecule is NC(=S)c1ccc(NS(=O)(=O)N2CCOCC2)c(Br)c1. The molecular formula is C11H14BrN3O3S2. The molecule has 1 heterocycles. The summed E-state index contributed by atoms with van der Waals surface area (Å²) in [4.78, 5) is 0.258. The quantitative estimate of drug-likeness (QED) is 0.764. The first-order valence-electron chi connectivity index (χ1n) is 5.85. The van der Waals surface area contributed by atoms with Gasteiger partial charge in [-0.25, -0.2) is 0 Å². The summed E-state index contributed by atoms with van der Waals surface area (Å²) in [5.41, 5.74) is 6.64. The number of ether oxygens (including phenoxy) is 1. The van der Waals surface area contributed by atoms with Gasteiger partial charge in [-0.15, -0.1) is 0 Å². The Hall–Kier alpha value is -0.740. The van der Waals surface area contributed by atoms with E-state index in [2.05, 4.69) is 20.7 Å². The molecule has 1 aliphatic rings. The number of rotatable bonds is 4. The van der Waals surface area contributed by atoms with Crippen molar-refractivity contribution in [3.63, 3.8) is 0 Å². The molecule has 0 aliphatic carbocycles. The highest BCUT2D eigenvalue weighted by molar-refractivity contribution is 9.10. The van der Waals surface area contributed by atoms with Gasteiger partial charge in [-0.3, -0.25) is 4.72 Å². The van der Waals surface area contributed by atoms with Crippen molar-refractivity contribution in [3.05, 3.63) is 28.2 Å². The number of nitrogens with one attached hydrogen (secondary N) is 1. The van der Waals surface area contributed by atoms with Crippen LogP contribution in [-0.4, -0.2) is 44.0 Å². The number of halogens is 1. The first kappa shape index (κ1) is 15.6. The van der Waals surface area contributed by atoms with Crippen LogP contribution in [-0.2, 0) is 14.9 Å². The molecule has 1 aliphatic heterocycles. The molecule has 0 unspecified atom stereocenters. The van der Waals surface area contributed by atoms with Gasteiger partial charge < -0.3 is 10.5 Å². The van der Waals surface area contributed by atoms with Crippen LogP contribution in [0.4, 0.5) is 5.69 Å². The second-order valence-electron chi connectivity index (χ2n) is 4.18. The molecule has 0 aromatic heterocycles. The number of hydrogen-bond acceptors (Lipinski definition) is 4. The standard InChI is InChI=1S/C11H14BrN3O3S2/c12-9-7-8(11(13)19)1-2-10(9)14-20(16,17)15-3-5-18-6-4-15/h1-2,7,14H,3-6H2,(H2,13,19). The number of nitrogens with zero attached hydrogens (tertiary/aromatic N) is 1. The van der Waals surface area contributed by atoms with Crippen molar-refractivity contribution >= 4 is 49.0 Å². The van der Waals surface area contributed by atoms with Gasteiger partial charge in [-0.2, -0.15) is 12.7 Å². The molecule has 1 aromatic rings. The third-order valence-corrected chi connectivity index (χ3v) is 5.22. The molecule has 20 heavy (non-hydrogen) atoms. The van der Waals surface area contributed by atoms with Gasteiger partial charge in [0.15, 0.2) is 0 Å². The normalized spacial score (nSPS) is 16.9. The van der Waals surface area contributed by atoms with Crippen LogP contribution < -0.4 is 10.5 Å². The molecule has 2 rings (SSSR count). The minimum Gasteiger partial charge on any atom is -0.389 e. The smallest absolute Gasteiger partial charge is 0.301 e. The van der Waals surface area contributed by atoms with E-state index >= 15 is 0 Å². The summed E-state index contributed by atoms with van der Waals surface area (Å²) in [5, 5.41) is 0. The van der Waals surface area contributed by atoms with Crippen LogP contribution in [0.2, 0.25) is 0 Å². The Labute approximate surface area is 131 Å². The number of morpholine rings is 1. The lowest BCUT2D eigenvalue weighted by Gasteiger charge is -2.26. The van der Waals surface area contributed by atoms with Crippen molar-refractivity contribution in [2.75, 3.05) is 31.0 Å². The van der Waals surface area contributed by atoms with Gasteiger partial charge in [-0.1, -0.05) is 12.2 Å². The summed E-state index contributed by atoms with van der Waals surface area (Å²) in [6, 6.07) is 4.97. The summed E-state index contributed by atoms with van der Waals surface area (Å²) in [6.45, 7) is 1.50. The fraction of sp³-hybridized carbons (Fsp3) is 0.364. The average Bonchev–Trinajstić information content (AvgIpc) is 2.41. The lowest BCUT2D eigenvalue weighted by molar-refractivity contribution is 0.0733. The molecule has 0 saturated carbocycles. The fourth-order valence-electron chi connectivity index (χ4n) is 1.74. The van der Waals surface area contributed by atoms with Crippen LogP contribution in [0.5, 0.6) is 0 Å². The van der Waals surface area contributed by atoms with Crippen LogP contribution in [0, 0.1) is 0 Å². The van der Waals surface area contributed by atoms with Gasteiger partial charge in [0.25, 0.3) is 0 Å². The molecule has 1 fully saturated rings. The van der Waals surface area contributed by atoms with E-state index in [1.54, 1.807) is 18.2 Å². The van der Waals surface area contributed by atoms with Crippen molar-refractivity contribution in [1.29, 1.82) is 0 Å². The van der Waals surface area contributed by atoms with E-state index < -0.39 is 10.2 Å². The van der Waals surface area contributed by atoms with E-state index in [1.165, 1.54) is 4.31 Å². The monoisotopic (exact) mass is 379 g/mol. The maximum absolute atomic E-state index is 12.2. The van der Waals surface area contributed by atoms with Gasteiger partial charge in [-0.05, 0) is 34.1 Å². The van der Waals surface area contributed by atoms with Crippen LogP contribution in [0.15, 0.2) is 22.7 Å². The van der Waals surface area contributed by atoms with E-state index in [0.29, 0.717) is 42.0 Å². The molecule has 0 atom stereocenters. The van der Waals surface area contributed by atoms with Gasteiger partial charge in [0.2, 0.25) is 0 Å². The van der Waals surface area contributed by atoms with E-state index in [0.717, 1.165) is 0 Å². The molecule has 0 radical (unpaired) electrons. The largest absolute Gasteiger partial charge is 0.389 e. The number of nitrogens with two attached hydrogens (primary N) is 1. The second kappa shape index (κ2) is 6.35. The number of anilines is 1. The highest BCUT2D eigenvalue weighted by atomic mass is 79.9. The molecular weight excluding hydrogens is 366 g/mol. The van der Waals surface area contributed by atoms with Gasteiger partial charge >= 0.3 is 10.2 Å². The minimum absolute atomic E-state index is 0.258. The summed E-state index contributed by atoms with van der Waals surface area (Å²) in [6.07, 6.45) is 0. The van der Waals surface area contributed by atoms with Crippen LogP contribution in [0.1, 0.15) is 5.56 Å². The first-order valence-corrected chi connectivity index (χ1v) is 8.49. The molecule has 0 amide bonds. The maximum Gasteiger partial charge on any atom is 0.301 e. The number of benzene rings is 1. The lowest BCUT2D eigenvalue weighted by atomic mass is 10.2. The van der Waals surface area contributed by atoms with Gasteiger partial charge in [0, 0.05) is 23.1 Å². The molecule has 1 saturated heterocycles. The summed E-state index contributed by atoms with van der Waals surface area (Å²) in [5.74, 6) is 0. The third kappa shape index (κ3) is 3.67. The second-order valence-corrected chi connectivity index (χ2v) is 7.14. The minimum atomic E-state index is -3.58. The van der Waals surface area contributed by atoms with E-state index in [4.69, 9.17) is 22.7 Å². The Balaban J connectivity index is 2.18. The molecule has 0 spiro atoms. The zero-order valence-electron chi connectivity index (χ0n) is 10.5. The van der Waals surface area contributed by atoms with Crippen molar-refractivity contribution < 1.29 is 13.2 Å². The molecule has 3 N–H and O–H groups in total.